The summed E-state index contributed by atoms with van der Waals surface area (Å²) < 4.78 is 28.0. The lowest BCUT2D eigenvalue weighted by Crippen LogP contribution is -2.23. The van der Waals surface area contributed by atoms with E-state index in [4.69, 9.17) is 9.92 Å². The van der Waals surface area contributed by atoms with Crippen LogP contribution in [-0.4, -0.2) is 26.8 Å². The van der Waals surface area contributed by atoms with E-state index in [1.807, 2.05) is 13.8 Å². The van der Waals surface area contributed by atoms with Crippen LogP contribution in [0.3, 0.4) is 0 Å². The highest BCUT2D eigenvalue weighted by atomic mass is 32.2. The van der Waals surface area contributed by atoms with E-state index in [0.717, 1.165) is 6.42 Å². The second-order valence-electron chi connectivity index (χ2n) is 3.28. The first-order chi connectivity index (χ1) is 6.58. The molecule has 0 spiro atoms. The van der Waals surface area contributed by atoms with Crippen LogP contribution in [-0.2, 0) is 14.3 Å². The average molecular weight is 223 g/mol. The highest BCUT2D eigenvalue weighted by molar-refractivity contribution is 7.87. The Morgan fingerprint density at radius 2 is 2.00 bits per heavy atom. The van der Waals surface area contributed by atoms with Crippen molar-refractivity contribution in [3.63, 3.8) is 0 Å². The van der Waals surface area contributed by atoms with E-state index in [-0.39, 0.29) is 11.9 Å². The summed E-state index contributed by atoms with van der Waals surface area (Å²) in [6.45, 7) is 4.50. The zero-order valence-corrected chi connectivity index (χ0v) is 9.85. The minimum absolute atomic E-state index is 0.207. The van der Waals surface area contributed by atoms with E-state index in [1.165, 1.54) is 0 Å². The van der Waals surface area contributed by atoms with Gasteiger partial charge in [0.25, 0.3) is 10.1 Å². The van der Waals surface area contributed by atoms with E-state index in [1.54, 1.807) is 0 Å². The SMILES string of the molecule is CCCC(CC)S(=O)(=O)OCCCN. The van der Waals surface area contributed by atoms with E-state index in [9.17, 15) is 8.42 Å². The third kappa shape index (κ3) is 4.93. The van der Waals surface area contributed by atoms with Crippen LogP contribution < -0.4 is 5.73 Å². The van der Waals surface area contributed by atoms with Gasteiger partial charge in [-0.25, -0.2) is 0 Å². The van der Waals surface area contributed by atoms with Gasteiger partial charge in [-0.1, -0.05) is 20.3 Å². The first-order valence-electron chi connectivity index (χ1n) is 5.16. The molecule has 0 saturated carbocycles. The second kappa shape index (κ2) is 7.20. The van der Waals surface area contributed by atoms with Crippen LogP contribution in [0.2, 0.25) is 0 Å². The van der Waals surface area contributed by atoms with E-state index in [2.05, 4.69) is 0 Å². The van der Waals surface area contributed by atoms with Gasteiger partial charge in [0.15, 0.2) is 0 Å². The fourth-order valence-electron chi connectivity index (χ4n) is 1.23. The molecule has 0 amide bonds. The Balaban J connectivity index is 4.12. The lowest BCUT2D eigenvalue weighted by Gasteiger charge is -2.14. The average Bonchev–Trinajstić information content (AvgIpc) is 2.14. The topological polar surface area (TPSA) is 69.4 Å². The Kier molecular flexibility index (Phi) is 7.13. The van der Waals surface area contributed by atoms with Crippen LogP contribution in [0.15, 0.2) is 0 Å². The molecule has 0 aromatic heterocycles. The second-order valence-corrected chi connectivity index (χ2v) is 5.16. The highest BCUT2D eigenvalue weighted by Crippen LogP contribution is 2.14. The van der Waals surface area contributed by atoms with Crippen LogP contribution in [0.5, 0.6) is 0 Å². The summed E-state index contributed by atoms with van der Waals surface area (Å²) in [6.07, 6.45) is 2.72. The van der Waals surface area contributed by atoms with Crippen molar-refractivity contribution in [3.05, 3.63) is 0 Å². The van der Waals surface area contributed by atoms with Crippen molar-refractivity contribution in [1.82, 2.24) is 0 Å². The molecular weight excluding hydrogens is 202 g/mol. The van der Waals surface area contributed by atoms with Crippen LogP contribution in [0.4, 0.5) is 0 Å². The van der Waals surface area contributed by atoms with Crippen molar-refractivity contribution in [2.45, 2.75) is 44.8 Å². The van der Waals surface area contributed by atoms with Crippen molar-refractivity contribution >= 4 is 10.1 Å². The standard InChI is InChI=1S/C9H21NO3S/c1-3-6-9(4-2)14(11,12)13-8-5-7-10/h9H,3-8,10H2,1-2H3. The fourth-order valence-corrected chi connectivity index (χ4v) is 2.70. The Morgan fingerprint density at radius 1 is 1.36 bits per heavy atom. The molecule has 0 bridgehead atoms. The summed E-state index contributed by atoms with van der Waals surface area (Å²) in [5.41, 5.74) is 5.25. The molecule has 0 heterocycles. The molecule has 0 aliphatic rings. The zero-order valence-electron chi connectivity index (χ0n) is 9.03. The molecule has 0 aliphatic carbocycles. The van der Waals surface area contributed by atoms with Gasteiger partial charge in [-0.05, 0) is 25.8 Å². The van der Waals surface area contributed by atoms with Crippen LogP contribution in [0, 0.1) is 0 Å². The molecule has 0 saturated heterocycles. The molecule has 0 aromatic carbocycles. The maximum Gasteiger partial charge on any atom is 0.270 e. The van der Waals surface area contributed by atoms with E-state index >= 15 is 0 Å². The van der Waals surface area contributed by atoms with Gasteiger partial charge in [-0.3, -0.25) is 4.18 Å². The minimum atomic E-state index is -3.36. The Morgan fingerprint density at radius 3 is 2.43 bits per heavy atom. The molecule has 5 heteroatoms. The molecule has 86 valence electrons. The van der Waals surface area contributed by atoms with Crippen molar-refractivity contribution in [2.24, 2.45) is 5.73 Å². The summed E-state index contributed by atoms with van der Waals surface area (Å²) in [4.78, 5) is 0. The first kappa shape index (κ1) is 13.9. The Labute approximate surface area is 86.9 Å². The normalized spacial score (nSPS) is 14.2. The molecule has 0 aromatic rings. The van der Waals surface area contributed by atoms with Crippen LogP contribution >= 0.6 is 0 Å². The van der Waals surface area contributed by atoms with Crippen molar-refractivity contribution < 1.29 is 12.6 Å². The molecule has 14 heavy (non-hydrogen) atoms. The Hall–Kier alpha value is -0.130. The summed E-state index contributed by atoms with van der Waals surface area (Å²) in [6, 6.07) is 0. The Bertz CT molecular complexity index is 226. The smallest absolute Gasteiger partial charge is 0.270 e. The van der Waals surface area contributed by atoms with Gasteiger partial charge in [0.05, 0.1) is 11.9 Å². The molecule has 1 atom stereocenters. The van der Waals surface area contributed by atoms with Crippen LogP contribution in [0.25, 0.3) is 0 Å². The predicted molar refractivity (Wildman–Crippen MR) is 57.5 cm³/mol. The summed E-state index contributed by atoms with van der Waals surface area (Å²) >= 11 is 0. The van der Waals surface area contributed by atoms with Crippen LogP contribution in [0.1, 0.15) is 39.5 Å². The lowest BCUT2D eigenvalue weighted by molar-refractivity contribution is 0.305. The summed E-state index contributed by atoms with van der Waals surface area (Å²) in [7, 11) is -3.36. The number of rotatable bonds is 8. The molecule has 4 nitrogen and oxygen atoms in total. The third-order valence-electron chi connectivity index (χ3n) is 2.07. The van der Waals surface area contributed by atoms with Gasteiger partial charge < -0.3 is 5.73 Å². The largest absolute Gasteiger partial charge is 0.330 e. The molecule has 0 aliphatic heterocycles. The molecule has 0 radical (unpaired) electrons. The van der Waals surface area contributed by atoms with Gasteiger partial charge in [-0.2, -0.15) is 8.42 Å². The quantitative estimate of drug-likeness (QED) is 0.497. The van der Waals surface area contributed by atoms with Crippen molar-refractivity contribution in [3.8, 4) is 0 Å². The maximum absolute atomic E-state index is 11.6. The van der Waals surface area contributed by atoms with E-state index < -0.39 is 10.1 Å². The summed E-state index contributed by atoms with van der Waals surface area (Å²) in [5, 5.41) is -0.356. The van der Waals surface area contributed by atoms with Gasteiger partial charge in [-0.15, -0.1) is 0 Å². The maximum atomic E-state index is 11.6. The molecule has 2 N–H and O–H groups in total. The van der Waals surface area contributed by atoms with Gasteiger partial charge in [0.2, 0.25) is 0 Å². The van der Waals surface area contributed by atoms with Gasteiger partial charge in [0.1, 0.15) is 0 Å². The number of hydrogen-bond acceptors (Lipinski definition) is 4. The minimum Gasteiger partial charge on any atom is -0.330 e. The number of nitrogens with two attached hydrogens (primary N) is 1. The van der Waals surface area contributed by atoms with E-state index in [0.29, 0.717) is 25.8 Å². The third-order valence-corrected chi connectivity index (χ3v) is 3.95. The molecule has 1 unspecified atom stereocenters. The molecule has 0 fully saturated rings. The fraction of sp³-hybridized carbons (Fsp3) is 1.00. The van der Waals surface area contributed by atoms with Crippen molar-refractivity contribution in [1.29, 1.82) is 0 Å². The first-order valence-corrected chi connectivity index (χ1v) is 6.63. The predicted octanol–water partition coefficient (Wildman–Crippen LogP) is 1.26. The molecule has 0 rings (SSSR count). The molecular formula is C9H21NO3S. The van der Waals surface area contributed by atoms with Gasteiger partial charge in [0, 0.05) is 0 Å². The van der Waals surface area contributed by atoms with Gasteiger partial charge >= 0.3 is 0 Å². The number of hydrogen-bond donors (Lipinski definition) is 1. The van der Waals surface area contributed by atoms with Crippen molar-refractivity contribution in [2.75, 3.05) is 13.2 Å². The monoisotopic (exact) mass is 223 g/mol. The zero-order chi connectivity index (χ0) is 11.0. The summed E-state index contributed by atoms with van der Waals surface area (Å²) in [5.74, 6) is 0. The lowest BCUT2D eigenvalue weighted by atomic mass is 10.2. The highest BCUT2D eigenvalue weighted by Gasteiger charge is 2.23.